The fourth-order valence-electron chi connectivity index (χ4n) is 0.981. The summed E-state index contributed by atoms with van der Waals surface area (Å²) in [7, 11) is 1.76. The van der Waals surface area contributed by atoms with E-state index in [9.17, 15) is 9.59 Å². The number of carbonyl (C=O) groups is 2. The van der Waals surface area contributed by atoms with Gasteiger partial charge in [0, 0.05) is 18.2 Å². The molecule has 6 heteroatoms. The second-order valence-electron chi connectivity index (χ2n) is 4.06. The minimum atomic E-state index is -0.384. The lowest BCUT2D eigenvalue weighted by atomic mass is 10.3. The van der Waals surface area contributed by atoms with E-state index in [1.165, 1.54) is 0 Å². The third-order valence-electron chi connectivity index (χ3n) is 2.10. The van der Waals surface area contributed by atoms with E-state index in [-0.39, 0.29) is 18.0 Å². The molecule has 20 heavy (non-hydrogen) atoms. The summed E-state index contributed by atoms with van der Waals surface area (Å²) in [5.41, 5.74) is 0.473. The van der Waals surface area contributed by atoms with Crippen molar-refractivity contribution in [2.45, 2.75) is 19.4 Å². The number of rotatable bonds is 8. The smallest absolute Gasteiger partial charge is 0.334 e. The van der Waals surface area contributed by atoms with Crippen LogP contribution >= 0.6 is 0 Å². The Hall–Kier alpha value is -1.66. The molecule has 114 valence electrons. The van der Waals surface area contributed by atoms with Gasteiger partial charge in [-0.3, -0.25) is 0 Å². The zero-order valence-corrected chi connectivity index (χ0v) is 12.1. The van der Waals surface area contributed by atoms with Crippen molar-refractivity contribution < 1.29 is 23.8 Å². The summed E-state index contributed by atoms with van der Waals surface area (Å²) >= 11 is 0. The van der Waals surface area contributed by atoms with Gasteiger partial charge in [0.1, 0.15) is 12.7 Å². The summed E-state index contributed by atoms with van der Waals surface area (Å²) in [4.78, 5) is 21.3. The summed E-state index contributed by atoms with van der Waals surface area (Å²) in [6, 6.07) is 0. The van der Waals surface area contributed by atoms with Crippen LogP contribution in [0.25, 0.3) is 0 Å². The zero-order valence-electron chi connectivity index (χ0n) is 12.1. The number of hydrogen-bond donors (Lipinski definition) is 1. The van der Waals surface area contributed by atoms with Crippen LogP contribution in [0, 0.1) is 0 Å². The van der Waals surface area contributed by atoms with Gasteiger partial charge in [-0.1, -0.05) is 20.1 Å². The third-order valence-corrected chi connectivity index (χ3v) is 2.10. The van der Waals surface area contributed by atoms with Gasteiger partial charge >= 0.3 is 11.9 Å². The van der Waals surface area contributed by atoms with Gasteiger partial charge in [-0.15, -0.1) is 0 Å². The molecule has 0 aliphatic carbocycles. The first-order valence-corrected chi connectivity index (χ1v) is 6.45. The minimum Gasteiger partial charge on any atom is -0.462 e. The van der Waals surface area contributed by atoms with E-state index >= 15 is 0 Å². The van der Waals surface area contributed by atoms with Crippen molar-refractivity contribution in [1.29, 1.82) is 0 Å². The first kappa shape index (κ1) is 18.3. The lowest BCUT2D eigenvalue weighted by Gasteiger charge is -2.04. The van der Waals surface area contributed by atoms with Gasteiger partial charge < -0.3 is 19.5 Å². The monoisotopic (exact) mass is 285 g/mol. The Morgan fingerprint density at radius 3 is 2.55 bits per heavy atom. The molecule has 1 rings (SSSR count). The van der Waals surface area contributed by atoms with Crippen LogP contribution in [-0.2, 0) is 23.8 Å². The van der Waals surface area contributed by atoms with Crippen LogP contribution in [0.4, 0.5) is 0 Å². The fraction of sp³-hybridized carbons (Fsp3) is 0.571. The van der Waals surface area contributed by atoms with Gasteiger partial charge in [0.25, 0.3) is 0 Å². The fourth-order valence-corrected chi connectivity index (χ4v) is 0.981. The van der Waals surface area contributed by atoms with Gasteiger partial charge in [0.05, 0.1) is 13.2 Å². The Balaban J connectivity index is 0.000000367. The minimum absolute atomic E-state index is 0.147. The Morgan fingerprint density at radius 1 is 1.45 bits per heavy atom. The third kappa shape index (κ3) is 10.3. The predicted octanol–water partition coefficient (Wildman–Crippen LogP) is 0.830. The SMILES string of the molecule is C=C(CNC)C(=O)OCCC.C=CC(=O)OCC1CO1. The topological polar surface area (TPSA) is 77.2 Å². The van der Waals surface area contributed by atoms with E-state index < -0.39 is 0 Å². The Labute approximate surface area is 119 Å². The number of hydrogen-bond acceptors (Lipinski definition) is 6. The molecular weight excluding hydrogens is 262 g/mol. The van der Waals surface area contributed by atoms with Gasteiger partial charge in [-0.2, -0.15) is 0 Å². The van der Waals surface area contributed by atoms with Crippen molar-refractivity contribution in [2.75, 3.05) is 33.4 Å². The normalized spacial score (nSPS) is 15.4. The molecule has 1 fully saturated rings. The quantitative estimate of drug-likeness (QED) is 0.404. The molecule has 0 spiro atoms. The molecule has 0 aromatic heterocycles. The van der Waals surface area contributed by atoms with E-state index in [1.807, 2.05) is 6.92 Å². The summed E-state index contributed by atoms with van der Waals surface area (Å²) < 4.78 is 14.3. The van der Waals surface area contributed by atoms with Crippen molar-refractivity contribution in [2.24, 2.45) is 0 Å². The molecular formula is C14H23NO5. The lowest BCUT2D eigenvalue weighted by molar-refractivity contribution is -0.139. The summed E-state index contributed by atoms with van der Waals surface area (Å²) in [5.74, 6) is -0.688. The highest BCUT2D eigenvalue weighted by molar-refractivity contribution is 5.88. The highest BCUT2D eigenvalue weighted by atomic mass is 16.6. The Morgan fingerprint density at radius 2 is 2.10 bits per heavy atom. The Kier molecular flexibility index (Phi) is 10.3. The predicted molar refractivity (Wildman–Crippen MR) is 75.2 cm³/mol. The molecule has 1 aliphatic heterocycles. The number of carbonyl (C=O) groups excluding carboxylic acids is 2. The van der Waals surface area contributed by atoms with Gasteiger partial charge in [-0.25, -0.2) is 9.59 Å². The van der Waals surface area contributed by atoms with E-state index in [1.54, 1.807) is 7.05 Å². The van der Waals surface area contributed by atoms with Crippen LogP contribution in [0.5, 0.6) is 0 Å². The molecule has 0 aromatic carbocycles. The maximum atomic E-state index is 10.9. The van der Waals surface area contributed by atoms with E-state index in [0.717, 1.165) is 12.5 Å². The largest absolute Gasteiger partial charge is 0.462 e. The van der Waals surface area contributed by atoms with Crippen molar-refractivity contribution in [1.82, 2.24) is 5.32 Å². The second kappa shape index (κ2) is 11.2. The van der Waals surface area contributed by atoms with E-state index in [4.69, 9.17) is 9.47 Å². The molecule has 0 amide bonds. The summed E-state index contributed by atoms with van der Waals surface area (Å²) in [6.07, 6.45) is 2.13. The molecule has 1 heterocycles. The molecule has 0 bridgehead atoms. The van der Waals surface area contributed by atoms with Crippen molar-refractivity contribution >= 4 is 11.9 Å². The molecule has 0 aromatic rings. The Bertz CT molecular complexity index is 336. The lowest BCUT2D eigenvalue weighted by Crippen LogP contribution is -2.18. The van der Waals surface area contributed by atoms with Gasteiger partial charge in [-0.05, 0) is 13.5 Å². The van der Waals surface area contributed by atoms with Crippen molar-refractivity contribution in [3.63, 3.8) is 0 Å². The standard InChI is InChI=1S/C8H15NO2.C6H8O3/c1-4-5-11-8(10)7(2)6-9-3;1-2-6(7)9-4-5-3-8-5/h9H,2,4-6H2,1,3H3;2,5H,1,3-4H2. The van der Waals surface area contributed by atoms with Crippen LogP contribution in [0.1, 0.15) is 13.3 Å². The molecule has 1 N–H and O–H groups in total. The average Bonchev–Trinajstić information content (AvgIpc) is 3.27. The first-order valence-electron chi connectivity index (χ1n) is 6.45. The number of nitrogens with one attached hydrogen (secondary N) is 1. The van der Waals surface area contributed by atoms with Gasteiger partial charge in [0.2, 0.25) is 0 Å². The van der Waals surface area contributed by atoms with E-state index in [2.05, 4.69) is 23.2 Å². The van der Waals surface area contributed by atoms with Crippen LogP contribution < -0.4 is 5.32 Å². The van der Waals surface area contributed by atoms with Crippen LogP contribution in [0.2, 0.25) is 0 Å². The maximum absolute atomic E-state index is 10.9. The molecule has 0 radical (unpaired) electrons. The highest BCUT2D eigenvalue weighted by Gasteiger charge is 2.23. The average molecular weight is 285 g/mol. The molecule has 1 aliphatic rings. The number of epoxide rings is 1. The second-order valence-corrected chi connectivity index (χ2v) is 4.06. The van der Waals surface area contributed by atoms with Crippen LogP contribution in [-0.4, -0.2) is 51.5 Å². The summed E-state index contributed by atoms with van der Waals surface area (Å²) in [6.45, 7) is 10.8. The zero-order chi connectivity index (χ0) is 15.4. The van der Waals surface area contributed by atoms with Crippen molar-refractivity contribution in [3.8, 4) is 0 Å². The summed E-state index contributed by atoms with van der Waals surface area (Å²) in [5, 5.41) is 2.82. The van der Waals surface area contributed by atoms with E-state index in [0.29, 0.717) is 31.9 Å². The molecule has 1 unspecified atom stereocenters. The number of likely N-dealkylation sites (N-methyl/N-ethyl adjacent to an activating group) is 1. The van der Waals surface area contributed by atoms with Crippen molar-refractivity contribution in [3.05, 3.63) is 24.8 Å². The number of ether oxygens (including phenoxy) is 3. The highest BCUT2D eigenvalue weighted by Crippen LogP contribution is 2.08. The first-order chi connectivity index (χ1) is 9.54. The van der Waals surface area contributed by atoms with Gasteiger partial charge in [0.15, 0.2) is 0 Å². The molecule has 1 atom stereocenters. The maximum Gasteiger partial charge on any atom is 0.334 e. The van der Waals surface area contributed by atoms with Crippen LogP contribution in [0.15, 0.2) is 24.8 Å². The molecule has 0 saturated carbocycles. The van der Waals surface area contributed by atoms with Crippen LogP contribution in [0.3, 0.4) is 0 Å². The molecule has 1 saturated heterocycles. The molecule has 6 nitrogen and oxygen atoms in total. The number of esters is 2.